The summed E-state index contributed by atoms with van der Waals surface area (Å²) in [6, 6.07) is 5.23. The lowest BCUT2D eigenvalue weighted by Crippen LogP contribution is -2.31. The number of esters is 2. The number of ether oxygens (including phenoxy) is 2. The molecule has 5 nitrogen and oxygen atoms in total. The normalized spacial score (nSPS) is 11.7. The summed E-state index contributed by atoms with van der Waals surface area (Å²) in [4.78, 5) is 27.5. The fraction of sp³-hybridized carbons (Fsp3) is 0.308. The van der Waals surface area contributed by atoms with Gasteiger partial charge in [-0.15, -0.1) is 6.58 Å². The largest absolute Gasteiger partial charge is 0.468 e. The first-order chi connectivity index (χ1) is 8.65. The first-order valence-corrected chi connectivity index (χ1v) is 5.34. The summed E-state index contributed by atoms with van der Waals surface area (Å²) in [7, 11) is 2.44. The highest BCUT2D eigenvalue weighted by atomic mass is 16.5. The van der Waals surface area contributed by atoms with Gasteiger partial charge in [0.2, 0.25) is 0 Å². The molecule has 1 aromatic heterocycles. The van der Waals surface area contributed by atoms with Crippen LogP contribution < -0.4 is 0 Å². The zero-order chi connectivity index (χ0) is 13.5. The van der Waals surface area contributed by atoms with Crippen molar-refractivity contribution >= 4 is 11.9 Å². The summed E-state index contributed by atoms with van der Waals surface area (Å²) in [6.07, 6.45) is 3.07. The van der Waals surface area contributed by atoms with Gasteiger partial charge in [-0.05, 0) is 12.1 Å². The highest BCUT2D eigenvalue weighted by Crippen LogP contribution is 2.26. The van der Waals surface area contributed by atoms with Crippen LogP contribution in [0.5, 0.6) is 0 Å². The van der Waals surface area contributed by atoms with Gasteiger partial charge in [-0.25, -0.2) is 0 Å². The van der Waals surface area contributed by atoms with Crippen molar-refractivity contribution < 1.29 is 19.1 Å². The van der Waals surface area contributed by atoms with E-state index in [1.807, 2.05) is 0 Å². The molecule has 0 aromatic carbocycles. The molecular formula is C13H15NO4. The van der Waals surface area contributed by atoms with Crippen molar-refractivity contribution in [2.45, 2.75) is 5.92 Å². The Balaban J connectivity index is 3.13. The van der Waals surface area contributed by atoms with Gasteiger partial charge >= 0.3 is 11.9 Å². The first-order valence-electron chi connectivity index (χ1n) is 5.34. The van der Waals surface area contributed by atoms with E-state index in [9.17, 15) is 9.59 Å². The molecule has 0 fully saturated rings. The monoisotopic (exact) mass is 249 g/mol. The number of nitrogens with zero attached hydrogens (tertiary/aromatic N) is 1. The van der Waals surface area contributed by atoms with Crippen LogP contribution in [-0.2, 0) is 19.1 Å². The number of hydrogen-bond donors (Lipinski definition) is 0. The van der Waals surface area contributed by atoms with Crippen molar-refractivity contribution in [3.8, 4) is 0 Å². The van der Waals surface area contributed by atoms with Crippen molar-refractivity contribution in [2.75, 3.05) is 14.2 Å². The number of methoxy groups -OCH3 is 2. The SMILES string of the molecule is C=CC(c1ccccn1)C(C(=O)OC)C(=O)OC. The number of carbonyl (C=O) groups is 2. The minimum absolute atomic E-state index is 0.563. The fourth-order valence-electron chi connectivity index (χ4n) is 1.64. The molecule has 1 aromatic rings. The average Bonchev–Trinajstić information content (AvgIpc) is 2.44. The van der Waals surface area contributed by atoms with Crippen molar-refractivity contribution in [1.82, 2.24) is 4.98 Å². The van der Waals surface area contributed by atoms with Gasteiger partial charge in [-0.2, -0.15) is 0 Å². The molecule has 0 amide bonds. The molecule has 0 aliphatic rings. The maximum Gasteiger partial charge on any atom is 0.321 e. The van der Waals surface area contributed by atoms with Crippen LogP contribution in [-0.4, -0.2) is 31.1 Å². The molecule has 96 valence electrons. The van der Waals surface area contributed by atoms with E-state index < -0.39 is 23.8 Å². The van der Waals surface area contributed by atoms with Gasteiger partial charge in [0.05, 0.1) is 14.2 Å². The fourth-order valence-corrected chi connectivity index (χ4v) is 1.64. The van der Waals surface area contributed by atoms with Crippen molar-refractivity contribution in [3.63, 3.8) is 0 Å². The van der Waals surface area contributed by atoms with E-state index in [0.29, 0.717) is 5.69 Å². The molecule has 1 rings (SSSR count). The van der Waals surface area contributed by atoms with Crippen LogP contribution in [0.1, 0.15) is 11.6 Å². The van der Waals surface area contributed by atoms with Crippen LogP contribution >= 0.6 is 0 Å². The number of aromatic nitrogens is 1. The van der Waals surface area contributed by atoms with Gasteiger partial charge in [0.25, 0.3) is 0 Å². The van der Waals surface area contributed by atoms with Gasteiger partial charge in [0, 0.05) is 17.8 Å². The third kappa shape index (κ3) is 2.94. The van der Waals surface area contributed by atoms with Crippen LogP contribution in [0.25, 0.3) is 0 Å². The van der Waals surface area contributed by atoms with Gasteiger partial charge in [0.1, 0.15) is 0 Å². The maximum atomic E-state index is 11.7. The van der Waals surface area contributed by atoms with E-state index in [-0.39, 0.29) is 0 Å². The minimum atomic E-state index is -1.09. The summed E-state index contributed by atoms with van der Waals surface area (Å²) < 4.78 is 9.25. The summed E-state index contributed by atoms with van der Waals surface area (Å²) in [5, 5.41) is 0. The van der Waals surface area contributed by atoms with E-state index in [4.69, 9.17) is 0 Å². The Morgan fingerprint density at radius 2 is 1.89 bits per heavy atom. The topological polar surface area (TPSA) is 65.5 Å². The summed E-state index contributed by atoms with van der Waals surface area (Å²) in [5.41, 5.74) is 0.563. The van der Waals surface area contributed by atoms with Crippen LogP contribution in [0.2, 0.25) is 0 Å². The second kappa shape index (κ2) is 6.54. The zero-order valence-corrected chi connectivity index (χ0v) is 10.3. The van der Waals surface area contributed by atoms with Crippen molar-refractivity contribution in [1.29, 1.82) is 0 Å². The summed E-state index contributed by atoms with van der Waals surface area (Å²) >= 11 is 0. The van der Waals surface area contributed by atoms with Crippen molar-refractivity contribution in [3.05, 3.63) is 42.7 Å². The predicted molar refractivity (Wildman–Crippen MR) is 64.7 cm³/mol. The maximum absolute atomic E-state index is 11.7. The molecule has 5 heteroatoms. The molecule has 0 saturated carbocycles. The molecule has 18 heavy (non-hydrogen) atoms. The Kier molecular flexibility index (Phi) is 5.05. The molecule has 1 atom stereocenters. The molecule has 0 radical (unpaired) electrons. The van der Waals surface area contributed by atoms with E-state index in [1.54, 1.807) is 24.4 Å². The highest BCUT2D eigenvalue weighted by molar-refractivity contribution is 5.96. The molecule has 1 unspecified atom stereocenters. The Bertz CT molecular complexity index is 414. The molecule has 0 bridgehead atoms. The highest BCUT2D eigenvalue weighted by Gasteiger charge is 2.36. The van der Waals surface area contributed by atoms with Gasteiger partial charge in [-0.1, -0.05) is 12.1 Å². The molecule has 0 N–H and O–H groups in total. The van der Waals surface area contributed by atoms with E-state index in [1.165, 1.54) is 20.3 Å². The quantitative estimate of drug-likeness (QED) is 0.447. The summed E-state index contributed by atoms with van der Waals surface area (Å²) in [6.45, 7) is 3.64. The van der Waals surface area contributed by atoms with Crippen LogP contribution in [0.4, 0.5) is 0 Å². The van der Waals surface area contributed by atoms with Crippen LogP contribution in [0, 0.1) is 5.92 Å². The van der Waals surface area contributed by atoms with Gasteiger partial charge < -0.3 is 9.47 Å². The molecule has 0 spiro atoms. The zero-order valence-electron chi connectivity index (χ0n) is 10.3. The first kappa shape index (κ1) is 13.9. The Morgan fingerprint density at radius 1 is 1.28 bits per heavy atom. The minimum Gasteiger partial charge on any atom is -0.468 e. The number of allylic oxidation sites excluding steroid dienone is 1. The molecule has 0 aliphatic carbocycles. The Morgan fingerprint density at radius 3 is 2.28 bits per heavy atom. The van der Waals surface area contributed by atoms with Crippen LogP contribution in [0.3, 0.4) is 0 Å². The molecule has 0 aliphatic heterocycles. The van der Waals surface area contributed by atoms with E-state index in [2.05, 4.69) is 21.0 Å². The second-order valence-corrected chi connectivity index (χ2v) is 3.54. The number of rotatable bonds is 5. The Hall–Kier alpha value is -2.17. The van der Waals surface area contributed by atoms with E-state index in [0.717, 1.165) is 0 Å². The van der Waals surface area contributed by atoms with Crippen molar-refractivity contribution in [2.24, 2.45) is 5.92 Å². The van der Waals surface area contributed by atoms with Gasteiger partial charge in [-0.3, -0.25) is 14.6 Å². The number of hydrogen-bond acceptors (Lipinski definition) is 5. The lowest BCUT2D eigenvalue weighted by Gasteiger charge is -2.19. The third-order valence-electron chi connectivity index (χ3n) is 2.55. The predicted octanol–water partition coefficient (Wildman–Crippen LogP) is 1.31. The smallest absolute Gasteiger partial charge is 0.321 e. The molecule has 1 heterocycles. The lowest BCUT2D eigenvalue weighted by atomic mass is 9.89. The standard InChI is InChI=1S/C13H15NO4/c1-4-9(10-7-5-6-8-14-10)11(12(15)17-2)13(16)18-3/h4-9,11H,1H2,2-3H3. The third-order valence-corrected chi connectivity index (χ3v) is 2.55. The van der Waals surface area contributed by atoms with Gasteiger partial charge in [0.15, 0.2) is 5.92 Å². The number of carbonyl (C=O) groups excluding carboxylic acids is 2. The number of pyridine rings is 1. The average molecular weight is 249 g/mol. The van der Waals surface area contributed by atoms with E-state index >= 15 is 0 Å². The second-order valence-electron chi connectivity index (χ2n) is 3.54. The summed E-state index contributed by atoms with van der Waals surface area (Å²) in [5.74, 6) is -3.01. The Labute approximate surface area is 105 Å². The van der Waals surface area contributed by atoms with Crippen LogP contribution in [0.15, 0.2) is 37.1 Å². The molecule has 0 saturated heterocycles. The molecular weight excluding hydrogens is 234 g/mol. The lowest BCUT2D eigenvalue weighted by molar-refractivity contribution is -0.159.